The molecule has 0 amide bonds. The van der Waals surface area contributed by atoms with E-state index in [-0.39, 0.29) is 0 Å². The zero-order valence-corrected chi connectivity index (χ0v) is 13.2. The Morgan fingerprint density at radius 3 is 2.62 bits per heavy atom. The van der Waals surface area contributed by atoms with E-state index >= 15 is 0 Å². The lowest BCUT2D eigenvalue weighted by atomic mass is 10.0. The molecule has 0 fully saturated rings. The molecule has 2 aromatic rings. The van der Waals surface area contributed by atoms with Gasteiger partial charge in [-0.15, -0.1) is 0 Å². The standard InChI is InChI=1S/C17H25N3O/c1-4-18-15(10-13(2)3)12-17-19-16(20-21-17)11-14-8-6-5-7-9-14/h5-9,13,15,18H,4,10-12H2,1-3H3. The van der Waals surface area contributed by atoms with Crippen molar-refractivity contribution in [1.82, 2.24) is 15.5 Å². The first-order chi connectivity index (χ1) is 10.2. The van der Waals surface area contributed by atoms with E-state index in [1.807, 2.05) is 18.2 Å². The van der Waals surface area contributed by atoms with Crippen molar-refractivity contribution in [1.29, 1.82) is 0 Å². The number of nitrogens with one attached hydrogen (secondary N) is 1. The molecule has 0 radical (unpaired) electrons. The minimum absolute atomic E-state index is 0.403. The van der Waals surface area contributed by atoms with Crippen molar-refractivity contribution in [2.45, 2.75) is 46.1 Å². The van der Waals surface area contributed by atoms with Crippen LogP contribution in [0.5, 0.6) is 0 Å². The average Bonchev–Trinajstić information content (AvgIpc) is 2.86. The second-order valence-corrected chi connectivity index (χ2v) is 5.85. The Morgan fingerprint density at radius 2 is 1.95 bits per heavy atom. The van der Waals surface area contributed by atoms with Crippen LogP contribution < -0.4 is 5.32 Å². The molecule has 21 heavy (non-hydrogen) atoms. The summed E-state index contributed by atoms with van der Waals surface area (Å²) in [5, 5.41) is 7.58. The Labute approximate surface area is 127 Å². The Bertz CT molecular complexity index is 522. The Balaban J connectivity index is 1.95. The molecule has 1 heterocycles. The largest absolute Gasteiger partial charge is 0.339 e. The quantitative estimate of drug-likeness (QED) is 0.810. The van der Waals surface area contributed by atoms with Gasteiger partial charge >= 0.3 is 0 Å². The monoisotopic (exact) mass is 287 g/mol. The zero-order chi connectivity index (χ0) is 15.1. The van der Waals surface area contributed by atoms with Crippen molar-refractivity contribution in [3.8, 4) is 0 Å². The van der Waals surface area contributed by atoms with Gasteiger partial charge in [0.1, 0.15) is 0 Å². The van der Waals surface area contributed by atoms with Crippen LogP contribution in [0.25, 0.3) is 0 Å². The molecule has 2 rings (SSSR count). The minimum atomic E-state index is 0.403. The molecule has 4 heteroatoms. The van der Waals surface area contributed by atoms with Crippen molar-refractivity contribution < 1.29 is 4.52 Å². The van der Waals surface area contributed by atoms with Crippen LogP contribution in [0.4, 0.5) is 0 Å². The molecule has 0 aliphatic carbocycles. The number of aromatic nitrogens is 2. The van der Waals surface area contributed by atoms with Gasteiger partial charge in [-0.3, -0.25) is 0 Å². The molecule has 114 valence electrons. The number of nitrogens with zero attached hydrogens (tertiary/aromatic N) is 2. The predicted molar refractivity (Wildman–Crippen MR) is 84.2 cm³/mol. The van der Waals surface area contributed by atoms with Crippen molar-refractivity contribution in [2.24, 2.45) is 5.92 Å². The third-order valence-corrected chi connectivity index (χ3v) is 3.38. The molecule has 0 bridgehead atoms. The fourth-order valence-electron chi connectivity index (χ4n) is 2.53. The highest BCUT2D eigenvalue weighted by Crippen LogP contribution is 2.12. The predicted octanol–water partition coefficient (Wildman–Crippen LogP) is 3.23. The summed E-state index contributed by atoms with van der Waals surface area (Å²) in [4.78, 5) is 4.52. The number of benzene rings is 1. The van der Waals surface area contributed by atoms with E-state index in [0.29, 0.717) is 12.0 Å². The van der Waals surface area contributed by atoms with E-state index in [2.05, 4.69) is 48.4 Å². The van der Waals surface area contributed by atoms with Crippen LogP contribution in [0.1, 0.15) is 44.5 Å². The van der Waals surface area contributed by atoms with Gasteiger partial charge in [0.2, 0.25) is 5.89 Å². The molecule has 1 aromatic heterocycles. The van der Waals surface area contributed by atoms with E-state index in [9.17, 15) is 0 Å². The van der Waals surface area contributed by atoms with Crippen molar-refractivity contribution in [3.05, 3.63) is 47.6 Å². The zero-order valence-electron chi connectivity index (χ0n) is 13.2. The third kappa shape index (κ3) is 5.31. The van der Waals surface area contributed by atoms with E-state index in [0.717, 1.165) is 37.5 Å². The number of hydrogen-bond donors (Lipinski definition) is 1. The van der Waals surface area contributed by atoms with Crippen LogP contribution in [0.15, 0.2) is 34.9 Å². The third-order valence-electron chi connectivity index (χ3n) is 3.38. The topological polar surface area (TPSA) is 51.0 Å². The van der Waals surface area contributed by atoms with Gasteiger partial charge in [0.25, 0.3) is 0 Å². The van der Waals surface area contributed by atoms with Crippen LogP contribution in [-0.2, 0) is 12.8 Å². The lowest BCUT2D eigenvalue weighted by Gasteiger charge is -2.17. The summed E-state index contributed by atoms with van der Waals surface area (Å²) < 4.78 is 5.39. The number of hydrogen-bond acceptors (Lipinski definition) is 4. The maximum Gasteiger partial charge on any atom is 0.228 e. The van der Waals surface area contributed by atoms with Gasteiger partial charge in [-0.25, -0.2) is 0 Å². The van der Waals surface area contributed by atoms with Gasteiger partial charge in [0.05, 0.1) is 0 Å². The normalized spacial score (nSPS) is 12.8. The molecule has 0 saturated carbocycles. The molecular weight excluding hydrogens is 262 g/mol. The maximum absolute atomic E-state index is 5.39. The van der Waals surface area contributed by atoms with Gasteiger partial charge < -0.3 is 9.84 Å². The first-order valence-electron chi connectivity index (χ1n) is 7.76. The molecule has 0 spiro atoms. The molecule has 0 aliphatic rings. The van der Waals surface area contributed by atoms with Crippen LogP contribution in [0.2, 0.25) is 0 Å². The van der Waals surface area contributed by atoms with Gasteiger partial charge in [-0.05, 0) is 24.4 Å². The van der Waals surface area contributed by atoms with Crippen LogP contribution in [0, 0.1) is 5.92 Å². The molecule has 1 N–H and O–H groups in total. The molecule has 1 aromatic carbocycles. The Kier molecular flexibility index (Phi) is 5.93. The molecule has 0 aliphatic heterocycles. The second kappa shape index (κ2) is 7.93. The van der Waals surface area contributed by atoms with Crippen LogP contribution in [0.3, 0.4) is 0 Å². The first kappa shape index (κ1) is 15.7. The van der Waals surface area contributed by atoms with Crippen LogP contribution in [-0.4, -0.2) is 22.7 Å². The average molecular weight is 287 g/mol. The van der Waals surface area contributed by atoms with Gasteiger partial charge in [-0.1, -0.05) is 56.3 Å². The summed E-state index contributed by atoms with van der Waals surface area (Å²) in [6, 6.07) is 10.6. The van der Waals surface area contributed by atoms with Gasteiger partial charge in [-0.2, -0.15) is 4.98 Å². The second-order valence-electron chi connectivity index (χ2n) is 5.85. The molecule has 0 saturated heterocycles. The molecule has 1 unspecified atom stereocenters. The van der Waals surface area contributed by atoms with E-state index < -0.39 is 0 Å². The molecular formula is C17H25N3O. The lowest BCUT2D eigenvalue weighted by Crippen LogP contribution is -2.32. The first-order valence-corrected chi connectivity index (χ1v) is 7.76. The Hall–Kier alpha value is -1.68. The number of likely N-dealkylation sites (N-methyl/N-ethyl adjacent to an activating group) is 1. The maximum atomic E-state index is 5.39. The summed E-state index contributed by atoms with van der Waals surface area (Å²) in [6.45, 7) is 7.56. The highest BCUT2D eigenvalue weighted by atomic mass is 16.5. The lowest BCUT2D eigenvalue weighted by molar-refractivity contribution is 0.338. The summed E-state index contributed by atoms with van der Waals surface area (Å²) in [6.07, 6.45) is 2.64. The van der Waals surface area contributed by atoms with E-state index in [4.69, 9.17) is 4.52 Å². The van der Waals surface area contributed by atoms with Crippen molar-refractivity contribution >= 4 is 0 Å². The SMILES string of the molecule is CCNC(Cc1nc(Cc2ccccc2)no1)CC(C)C. The summed E-state index contributed by atoms with van der Waals surface area (Å²) in [5.41, 5.74) is 1.20. The van der Waals surface area contributed by atoms with Gasteiger partial charge in [0.15, 0.2) is 5.82 Å². The Morgan fingerprint density at radius 1 is 1.19 bits per heavy atom. The van der Waals surface area contributed by atoms with Crippen molar-refractivity contribution in [3.63, 3.8) is 0 Å². The summed E-state index contributed by atoms with van der Waals surface area (Å²) in [5.74, 6) is 2.14. The molecule has 4 nitrogen and oxygen atoms in total. The highest BCUT2D eigenvalue weighted by Gasteiger charge is 2.15. The molecule has 1 atom stereocenters. The fraction of sp³-hybridized carbons (Fsp3) is 0.529. The smallest absolute Gasteiger partial charge is 0.228 e. The van der Waals surface area contributed by atoms with Crippen LogP contribution >= 0.6 is 0 Å². The highest BCUT2D eigenvalue weighted by molar-refractivity contribution is 5.18. The fourth-order valence-corrected chi connectivity index (χ4v) is 2.53. The van der Waals surface area contributed by atoms with Crippen molar-refractivity contribution in [2.75, 3.05) is 6.54 Å². The number of rotatable bonds is 8. The van der Waals surface area contributed by atoms with E-state index in [1.54, 1.807) is 0 Å². The van der Waals surface area contributed by atoms with E-state index in [1.165, 1.54) is 5.56 Å². The summed E-state index contributed by atoms with van der Waals surface area (Å²) >= 11 is 0. The van der Waals surface area contributed by atoms with Gasteiger partial charge in [0, 0.05) is 18.9 Å². The minimum Gasteiger partial charge on any atom is -0.339 e. The summed E-state index contributed by atoms with van der Waals surface area (Å²) in [7, 11) is 0.